The van der Waals surface area contributed by atoms with E-state index in [0.717, 1.165) is 18.2 Å². The van der Waals surface area contributed by atoms with Gasteiger partial charge in [0.15, 0.2) is 5.96 Å². The van der Waals surface area contributed by atoms with Crippen LogP contribution < -0.4 is 17.2 Å². The Morgan fingerprint density at radius 1 is 1.24 bits per heavy atom. The van der Waals surface area contributed by atoms with Crippen molar-refractivity contribution in [2.75, 3.05) is 0 Å². The SMILES string of the molecule is CC(N=C(N)N=C(N)N)c1cc(F)ccc1F. The molecule has 0 aliphatic rings. The molecule has 6 N–H and O–H groups in total. The van der Waals surface area contributed by atoms with E-state index in [0.29, 0.717) is 0 Å². The quantitative estimate of drug-likeness (QED) is 0.522. The zero-order valence-corrected chi connectivity index (χ0v) is 9.19. The fourth-order valence-corrected chi connectivity index (χ4v) is 1.26. The summed E-state index contributed by atoms with van der Waals surface area (Å²) in [5.41, 5.74) is 15.7. The van der Waals surface area contributed by atoms with Gasteiger partial charge in [0, 0.05) is 5.56 Å². The number of nitrogens with two attached hydrogens (primary N) is 3. The van der Waals surface area contributed by atoms with Crippen molar-refractivity contribution < 1.29 is 8.78 Å². The highest BCUT2D eigenvalue weighted by atomic mass is 19.1. The van der Waals surface area contributed by atoms with Gasteiger partial charge in [-0.25, -0.2) is 13.8 Å². The minimum Gasteiger partial charge on any atom is -0.370 e. The summed E-state index contributed by atoms with van der Waals surface area (Å²) in [7, 11) is 0. The molecule has 17 heavy (non-hydrogen) atoms. The molecular formula is C10H13F2N5. The minimum absolute atomic E-state index is 0.0822. The van der Waals surface area contributed by atoms with E-state index in [1.54, 1.807) is 6.92 Å². The van der Waals surface area contributed by atoms with Crippen molar-refractivity contribution in [1.82, 2.24) is 0 Å². The highest BCUT2D eigenvalue weighted by Crippen LogP contribution is 2.21. The van der Waals surface area contributed by atoms with E-state index in [1.807, 2.05) is 0 Å². The number of hydrogen-bond donors (Lipinski definition) is 3. The van der Waals surface area contributed by atoms with Gasteiger partial charge in [0.05, 0.1) is 6.04 Å². The maximum Gasteiger partial charge on any atom is 0.219 e. The summed E-state index contributed by atoms with van der Waals surface area (Å²) in [6, 6.07) is 2.41. The fraction of sp³-hybridized carbons (Fsp3) is 0.200. The third-order valence-corrected chi connectivity index (χ3v) is 1.98. The number of aliphatic imine (C=N–C) groups is 2. The summed E-state index contributed by atoms with van der Waals surface area (Å²) in [6.45, 7) is 1.55. The van der Waals surface area contributed by atoms with E-state index < -0.39 is 17.7 Å². The molecule has 0 spiro atoms. The first-order chi connectivity index (χ1) is 7.90. The fourth-order valence-electron chi connectivity index (χ4n) is 1.26. The van der Waals surface area contributed by atoms with Crippen LogP contribution in [-0.4, -0.2) is 11.9 Å². The van der Waals surface area contributed by atoms with Gasteiger partial charge in [-0.1, -0.05) is 0 Å². The molecule has 1 rings (SSSR count). The molecule has 1 aromatic rings. The molecule has 1 unspecified atom stereocenters. The van der Waals surface area contributed by atoms with Crippen LogP contribution in [0.4, 0.5) is 8.78 Å². The van der Waals surface area contributed by atoms with Crippen LogP contribution in [0.3, 0.4) is 0 Å². The molecule has 0 aromatic heterocycles. The van der Waals surface area contributed by atoms with E-state index >= 15 is 0 Å². The Morgan fingerprint density at radius 3 is 2.47 bits per heavy atom. The van der Waals surface area contributed by atoms with Crippen LogP contribution in [0.5, 0.6) is 0 Å². The highest BCUT2D eigenvalue weighted by molar-refractivity contribution is 5.92. The summed E-state index contributed by atoms with van der Waals surface area (Å²) >= 11 is 0. The molecule has 0 heterocycles. The molecule has 0 amide bonds. The molecule has 0 radical (unpaired) electrons. The zero-order chi connectivity index (χ0) is 13.0. The average Bonchev–Trinajstić information content (AvgIpc) is 2.20. The van der Waals surface area contributed by atoms with Crippen LogP contribution in [0, 0.1) is 11.6 Å². The van der Waals surface area contributed by atoms with E-state index in [1.165, 1.54) is 0 Å². The topological polar surface area (TPSA) is 103 Å². The lowest BCUT2D eigenvalue weighted by Crippen LogP contribution is -2.26. The molecule has 1 aromatic carbocycles. The summed E-state index contributed by atoms with van der Waals surface area (Å²) < 4.78 is 26.3. The van der Waals surface area contributed by atoms with Crippen LogP contribution >= 0.6 is 0 Å². The standard InChI is InChI=1S/C10H13F2N5/c1-5(16-10(15)17-9(13)14)7-4-6(11)2-3-8(7)12/h2-5H,1H3,(H6,13,14,15,16,17). The molecule has 7 heteroatoms. The molecule has 0 aliphatic carbocycles. The van der Waals surface area contributed by atoms with Crippen molar-refractivity contribution in [3.8, 4) is 0 Å². The third-order valence-electron chi connectivity index (χ3n) is 1.98. The summed E-state index contributed by atoms with van der Waals surface area (Å²) in [5.74, 6) is -1.57. The summed E-state index contributed by atoms with van der Waals surface area (Å²) in [5, 5.41) is 0. The Labute approximate surface area is 97.0 Å². The van der Waals surface area contributed by atoms with E-state index in [4.69, 9.17) is 17.2 Å². The van der Waals surface area contributed by atoms with Gasteiger partial charge in [-0.2, -0.15) is 4.99 Å². The van der Waals surface area contributed by atoms with Gasteiger partial charge >= 0.3 is 0 Å². The van der Waals surface area contributed by atoms with Crippen LogP contribution in [0.1, 0.15) is 18.5 Å². The van der Waals surface area contributed by atoms with Crippen LogP contribution in [-0.2, 0) is 0 Å². The molecule has 5 nitrogen and oxygen atoms in total. The molecule has 92 valence electrons. The Bertz CT molecular complexity index is 466. The Hall–Kier alpha value is -2.18. The second-order valence-electron chi connectivity index (χ2n) is 3.37. The summed E-state index contributed by atoms with van der Waals surface area (Å²) in [6.07, 6.45) is 0. The second kappa shape index (κ2) is 5.24. The maximum atomic E-state index is 13.4. The summed E-state index contributed by atoms with van der Waals surface area (Å²) in [4.78, 5) is 7.31. The Kier molecular flexibility index (Phi) is 3.97. The van der Waals surface area contributed by atoms with Crippen LogP contribution in [0.15, 0.2) is 28.2 Å². The number of nitrogens with zero attached hydrogens (tertiary/aromatic N) is 2. The first-order valence-corrected chi connectivity index (χ1v) is 4.78. The van der Waals surface area contributed by atoms with Gasteiger partial charge in [-0.3, -0.25) is 0 Å². The van der Waals surface area contributed by atoms with Crippen molar-refractivity contribution in [3.05, 3.63) is 35.4 Å². The van der Waals surface area contributed by atoms with Crippen LogP contribution in [0.2, 0.25) is 0 Å². The van der Waals surface area contributed by atoms with Gasteiger partial charge in [0.25, 0.3) is 0 Å². The largest absolute Gasteiger partial charge is 0.370 e. The first-order valence-electron chi connectivity index (χ1n) is 4.78. The van der Waals surface area contributed by atoms with E-state index in [-0.39, 0.29) is 17.5 Å². The highest BCUT2D eigenvalue weighted by Gasteiger charge is 2.11. The van der Waals surface area contributed by atoms with Crippen molar-refractivity contribution in [3.63, 3.8) is 0 Å². The lowest BCUT2D eigenvalue weighted by atomic mass is 10.1. The Morgan fingerprint density at radius 2 is 1.88 bits per heavy atom. The third kappa shape index (κ3) is 3.71. The lowest BCUT2D eigenvalue weighted by Gasteiger charge is -2.08. The number of hydrogen-bond acceptors (Lipinski definition) is 1. The molecule has 0 saturated heterocycles. The van der Waals surface area contributed by atoms with E-state index in [2.05, 4.69) is 9.98 Å². The average molecular weight is 241 g/mol. The van der Waals surface area contributed by atoms with Crippen molar-refractivity contribution in [1.29, 1.82) is 0 Å². The van der Waals surface area contributed by atoms with Gasteiger partial charge in [-0.05, 0) is 25.1 Å². The lowest BCUT2D eigenvalue weighted by molar-refractivity contribution is 0.572. The predicted octanol–water partition coefficient (Wildman–Crippen LogP) is 0.614. The first kappa shape index (κ1) is 12.9. The minimum atomic E-state index is -0.686. The van der Waals surface area contributed by atoms with Gasteiger partial charge in [-0.15, -0.1) is 0 Å². The van der Waals surface area contributed by atoms with Gasteiger partial charge < -0.3 is 17.2 Å². The van der Waals surface area contributed by atoms with E-state index in [9.17, 15) is 8.78 Å². The van der Waals surface area contributed by atoms with Crippen molar-refractivity contribution >= 4 is 11.9 Å². The van der Waals surface area contributed by atoms with Crippen molar-refractivity contribution in [2.45, 2.75) is 13.0 Å². The molecule has 1 atom stereocenters. The van der Waals surface area contributed by atoms with Crippen LogP contribution in [0.25, 0.3) is 0 Å². The monoisotopic (exact) mass is 241 g/mol. The Balaban J connectivity index is 3.01. The molecule has 0 saturated carbocycles. The number of guanidine groups is 2. The molecule has 0 fully saturated rings. The normalized spacial score (nSPS) is 13.2. The second-order valence-corrected chi connectivity index (χ2v) is 3.37. The van der Waals surface area contributed by atoms with Gasteiger partial charge in [0.2, 0.25) is 5.96 Å². The predicted molar refractivity (Wildman–Crippen MR) is 62.2 cm³/mol. The number of benzene rings is 1. The van der Waals surface area contributed by atoms with Gasteiger partial charge in [0.1, 0.15) is 11.6 Å². The number of rotatable bonds is 2. The zero-order valence-electron chi connectivity index (χ0n) is 9.19. The smallest absolute Gasteiger partial charge is 0.219 e. The van der Waals surface area contributed by atoms with Crippen molar-refractivity contribution in [2.24, 2.45) is 27.2 Å². The molecule has 0 bridgehead atoms. The maximum absolute atomic E-state index is 13.4. The molecule has 0 aliphatic heterocycles. The number of halogens is 2. The molecular weight excluding hydrogens is 228 g/mol.